The highest BCUT2D eigenvalue weighted by atomic mass is 19.1. The average Bonchev–Trinajstić information content (AvgIpc) is 2.46. The maximum absolute atomic E-state index is 12.8. The minimum Gasteiger partial charge on any atom is -0.360 e. The Morgan fingerprint density at radius 2 is 1.95 bits per heavy atom. The Morgan fingerprint density at radius 1 is 1.29 bits per heavy atom. The van der Waals surface area contributed by atoms with Gasteiger partial charge < -0.3 is 10.2 Å². The van der Waals surface area contributed by atoms with E-state index in [4.69, 9.17) is 0 Å². The summed E-state index contributed by atoms with van der Waals surface area (Å²) in [5.74, 6) is 0.0151. The molecular formula is C13H14FN5O2. The second kappa shape index (κ2) is 6.12. The lowest BCUT2D eigenvalue weighted by Gasteiger charge is -2.13. The summed E-state index contributed by atoms with van der Waals surface area (Å²) in [5, 5.41) is 14.1. The minimum absolute atomic E-state index is 0.128. The second-order valence-electron chi connectivity index (χ2n) is 4.53. The van der Waals surface area contributed by atoms with Crippen molar-refractivity contribution in [3.63, 3.8) is 0 Å². The fraction of sp³-hybridized carbons (Fsp3) is 0.231. The lowest BCUT2D eigenvalue weighted by Crippen LogP contribution is -2.15. The molecule has 0 aliphatic rings. The summed E-state index contributed by atoms with van der Waals surface area (Å²) in [6, 6.07) is 5.86. The van der Waals surface area contributed by atoms with Gasteiger partial charge in [-0.05, 0) is 17.7 Å². The molecule has 0 saturated heterocycles. The van der Waals surface area contributed by atoms with E-state index in [1.807, 2.05) is 0 Å². The van der Waals surface area contributed by atoms with Crippen molar-refractivity contribution in [3.05, 3.63) is 52.1 Å². The summed E-state index contributed by atoms with van der Waals surface area (Å²) in [7, 11) is 3.33. The van der Waals surface area contributed by atoms with E-state index in [1.165, 1.54) is 18.5 Å². The summed E-state index contributed by atoms with van der Waals surface area (Å²) >= 11 is 0. The van der Waals surface area contributed by atoms with Gasteiger partial charge in [-0.3, -0.25) is 10.1 Å². The van der Waals surface area contributed by atoms with Crippen LogP contribution in [0.5, 0.6) is 0 Å². The van der Waals surface area contributed by atoms with Gasteiger partial charge in [-0.1, -0.05) is 12.1 Å². The molecule has 1 aromatic carbocycles. The molecular weight excluding hydrogens is 277 g/mol. The third kappa shape index (κ3) is 3.41. The number of nitro groups is 1. The molecule has 8 heteroatoms. The molecule has 0 saturated carbocycles. The van der Waals surface area contributed by atoms with Gasteiger partial charge in [0.15, 0.2) is 0 Å². The van der Waals surface area contributed by atoms with Gasteiger partial charge in [-0.15, -0.1) is 0 Å². The summed E-state index contributed by atoms with van der Waals surface area (Å²) < 4.78 is 12.8. The molecule has 1 N–H and O–H groups in total. The molecule has 0 bridgehead atoms. The van der Waals surface area contributed by atoms with Crippen LogP contribution in [0.15, 0.2) is 30.6 Å². The van der Waals surface area contributed by atoms with Crippen molar-refractivity contribution in [3.8, 4) is 0 Å². The van der Waals surface area contributed by atoms with E-state index in [-0.39, 0.29) is 23.1 Å². The van der Waals surface area contributed by atoms with Crippen LogP contribution in [0.1, 0.15) is 5.56 Å². The topological polar surface area (TPSA) is 84.2 Å². The molecule has 0 fully saturated rings. The predicted molar refractivity (Wildman–Crippen MR) is 76.7 cm³/mol. The molecule has 2 rings (SSSR count). The first kappa shape index (κ1) is 14.6. The molecule has 110 valence electrons. The zero-order chi connectivity index (χ0) is 15.4. The van der Waals surface area contributed by atoms with Gasteiger partial charge in [-0.2, -0.15) is 0 Å². The molecule has 2 aromatic rings. The van der Waals surface area contributed by atoms with E-state index in [0.717, 1.165) is 5.56 Å². The third-order valence-corrected chi connectivity index (χ3v) is 2.78. The standard InChI is InChI=1S/C13H14FN5O2/c1-18(2)13-11(19(20)21)12(16-8-17-13)15-7-9-3-5-10(14)6-4-9/h3-6,8H,7H2,1-2H3,(H,15,16,17). The van der Waals surface area contributed by atoms with Gasteiger partial charge in [0.1, 0.15) is 12.1 Å². The van der Waals surface area contributed by atoms with E-state index < -0.39 is 4.92 Å². The van der Waals surface area contributed by atoms with Crippen LogP contribution < -0.4 is 10.2 Å². The molecule has 1 heterocycles. The van der Waals surface area contributed by atoms with Crippen LogP contribution in [-0.2, 0) is 6.54 Å². The molecule has 21 heavy (non-hydrogen) atoms. The van der Waals surface area contributed by atoms with Crippen molar-refractivity contribution in [2.45, 2.75) is 6.54 Å². The van der Waals surface area contributed by atoms with Gasteiger partial charge in [-0.25, -0.2) is 14.4 Å². The number of anilines is 2. The van der Waals surface area contributed by atoms with Crippen LogP contribution in [-0.4, -0.2) is 29.0 Å². The van der Waals surface area contributed by atoms with Gasteiger partial charge in [0.25, 0.3) is 0 Å². The van der Waals surface area contributed by atoms with Crippen LogP contribution in [0, 0.1) is 15.9 Å². The molecule has 1 aromatic heterocycles. The SMILES string of the molecule is CN(C)c1ncnc(NCc2ccc(F)cc2)c1[N+](=O)[O-]. The zero-order valence-electron chi connectivity index (χ0n) is 11.6. The first-order valence-electron chi connectivity index (χ1n) is 6.14. The average molecular weight is 291 g/mol. The first-order valence-corrected chi connectivity index (χ1v) is 6.14. The molecule has 0 aliphatic heterocycles. The van der Waals surface area contributed by atoms with Crippen molar-refractivity contribution < 1.29 is 9.31 Å². The normalized spacial score (nSPS) is 10.2. The molecule has 0 unspecified atom stereocenters. The highest BCUT2D eigenvalue weighted by Gasteiger charge is 2.23. The molecule has 7 nitrogen and oxygen atoms in total. The monoisotopic (exact) mass is 291 g/mol. The Hall–Kier alpha value is -2.77. The maximum atomic E-state index is 12.8. The van der Waals surface area contributed by atoms with Crippen LogP contribution in [0.3, 0.4) is 0 Å². The van der Waals surface area contributed by atoms with E-state index in [0.29, 0.717) is 6.54 Å². The summed E-state index contributed by atoms with van der Waals surface area (Å²) in [6.07, 6.45) is 1.26. The Bertz CT molecular complexity index is 646. The fourth-order valence-corrected chi connectivity index (χ4v) is 1.78. The van der Waals surface area contributed by atoms with Crippen molar-refractivity contribution in [1.29, 1.82) is 0 Å². The minimum atomic E-state index is -0.525. The maximum Gasteiger partial charge on any atom is 0.353 e. The molecule has 0 spiro atoms. The van der Waals surface area contributed by atoms with Crippen LogP contribution >= 0.6 is 0 Å². The van der Waals surface area contributed by atoms with Crippen molar-refractivity contribution in [2.75, 3.05) is 24.3 Å². The number of nitrogens with zero attached hydrogens (tertiary/aromatic N) is 4. The number of benzene rings is 1. The van der Waals surface area contributed by atoms with Gasteiger partial charge in [0.05, 0.1) is 4.92 Å². The number of aromatic nitrogens is 2. The van der Waals surface area contributed by atoms with Crippen molar-refractivity contribution in [2.24, 2.45) is 0 Å². The Kier molecular flexibility index (Phi) is 4.27. The number of nitrogens with one attached hydrogen (secondary N) is 1. The zero-order valence-corrected chi connectivity index (χ0v) is 11.6. The van der Waals surface area contributed by atoms with Crippen LogP contribution in [0.4, 0.5) is 21.7 Å². The van der Waals surface area contributed by atoms with E-state index >= 15 is 0 Å². The van der Waals surface area contributed by atoms with Crippen molar-refractivity contribution in [1.82, 2.24) is 9.97 Å². The summed E-state index contributed by atoms with van der Waals surface area (Å²) in [5.41, 5.74) is 0.598. The molecule has 0 aliphatic carbocycles. The van der Waals surface area contributed by atoms with E-state index in [1.54, 1.807) is 31.1 Å². The highest BCUT2D eigenvalue weighted by molar-refractivity contribution is 5.69. The Morgan fingerprint density at radius 3 is 2.52 bits per heavy atom. The van der Waals surface area contributed by atoms with Crippen LogP contribution in [0.2, 0.25) is 0 Å². The third-order valence-electron chi connectivity index (χ3n) is 2.78. The predicted octanol–water partition coefficient (Wildman–Crippen LogP) is 2.20. The number of rotatable bonds is 5. The lowest BCUT2D eigenvalue weighted by molar-refractivity contribution is -0.383. The largest absolute Gasteiger partial charge is 0.360 e. The first-order chi connectivity index (χ1) is 9.99. The summed E-state index contributed by atoms with van der Waals surface area (Å²) in [4.78, 5) is 20.1. The Balaban J connectivity index is 2.25. The van der Waals surface area contributed by atoms with Gasteiger partial charge >= 0.3 is 5.69 Å². The number of halogens is 1. The Labute approximate surface area is 120 Å². The second-order valence-corrected chi connectivity index (χ2v) is 4.53. The number of hydrogen-bond acceptors (Lipinski definition) is 6. The molecule has 0 atom stereocenters. The van der Waals surface area contributed by atoms with E-state index in [2.05, 4.69) is 15.3 Å². The van der Waals surface area contributed by atoms with E-state index in [9.17, 15) is 14.5 Å². The lowest BCUT2D eigenvalue weighted by atomic mass is 10.2. The summed E-state index contributed by atoms with van der Waals surface area (Å²) in [6.45, 7) is 0.297. The molecule has 0 radical (unpaired) electrons. The van der Waals surface area contributed by atoms with Gasteiger partial charge in [0, 0.05) is 20.6 Å². The number of hydrogen-bond donors (Lipinski definition) is 1. The van der Waals surface area contributed by atoms with Crippen molar-refractivity contribution >= 4 is 17.3 Å². The van der Waals surface area contributed by atoms with Gasteiger partial charge in [0.2, 0.25) is 11.6 Å². The fourth-order valence-electron chi connectivity index (χ4n) is 1.78. The van der Waals surface area contributed by atoms with Crippen LogP contribution in [0.25, 0.3) is 0 Å². The smallest absolute Gasteiger partial charge is 0.353 e. The molecule has 0 amide bonds. The highest BCUT2D eigenvalue weighted by Crippen LogP contribution is 2.30. The quantitative estimate of drug-likeness (QED) is 0.671.